The summed E-state index contributed by atoms with van der Waals surface area (Å²) in [4.78, 5) is 41.0. The van der Waals surface area contributed by atoms with Crippen molar-refractivity contribution in [1.82, 2.24) is 15.5 Å². The normalized spacial score (nSPS) is 18.1. The molecule has 37 heavy (non-hydrogen) atoms. The van der Waals surface area contributed by atoms with Crippen LogP contribution < -0.4 is 16.4 Å². The van der Waals surface area contributed by atoms with Crippen molar-refractivity contribution in [1.29, 1.82) is 0 Å². The van der Waals surface area contributed by atoms with E-state index in [-0.39, 0.29) is 48.8 Å². The molecule has 1 fully saturated rings. The van der Waals surface area contributed by atoms with Gasteiger partial charge in [-0.05, 0) is 59.3 Å². The van der Waals surface area contributed by atoms with Gasteiger partial charge in [0.2, 0.25) is 17.7 Å². The van der Waals surface area contributed by atoms with Gasteiger partial charge < -0.3 is 30.7 Å². The van der Waals surface area contributed by atoms with Crippen LogP contribution in [0.4, 0.5) is 0 Å². The van der Waals surface area contributed by atoms with E-state index in [2.05, 4.69) is 24.5 Å². The summed E-state index contributed by atoms with van der Waals surface area (Å²) in [5.41, 5.74) is 4.07. The van der Waals surface area contributed by atoms with Crippen LogP contribution in [0.2, 0.25) is 0 Å². The van der Waals surface area contributed by atoms with Gasteiger partial charge in [-0.15, -0.1) is 0 Å². The molecule has 1 saturated carbocycles. The van der Waals surface area contributed by atoms with Crippen molar-refractivity contribution in [2.75, 3.05) is 27.3 Å². The molecule has 1 aliphatic rings. The van der Waals surface area contributed by atoms with Gasteiger partial charge in [-0.3, -0.25) is 14.4 Å². The van der Waals surface area contributed by atoms with Crippen molar-refractivity contribution in [3.63, 3.8) is 0 Å². The van der Waals surface area contributed by atoms with Crippen LogP contribution in [0.1, 0.15) is 99.8 Å². The second kappa shape index (κ2) is 14.4. The molecule has 1 aliphatic carbocycles. The quantitative estimate of drug-likeness (QED) is 0.284. The van der Waals surface area contributed by atoms with Gasteiger partial charge in [0.05, 0.1) is 30.9 Å². The van der Waals surface area contributed by atoms with E-state index in [1.54, 1.807) is 19.1 Å². The van der Waals surface area contributed by atoms with Crippen LogP contribution in [0.3, 0.4) is 0 Å². The van der Waals surface area contributed by atoms with Crippen LogP contribution in [0, 0.1) is 5.92 Å². The maximum Gasteiger partial charge on any atom is 0.246 e. The van der Waals surface area contributed by atoms with Gasteiger partial charge >= 0.3 is 0 Å². The number of nitrogens with one attached hydrogen (secondary N) is 2. The summed E-state index contributed by atoms with van der Waals surface area (Å²) in [6, 6.07) is -0.0834. The lowest BCUT2D eigenvalue weighted by Gasteiger charge is -2.37. The first-order valence-corrected chi connectivity index (χ1v) is 13.9. The number of hydrogen-bond donors (Lipinski definition) is 3. The van der Waals surface area contributed by atoms with Crippen LogP contribution in [-0.2, 0) is 23.9 Å². The molecule has 0 aliphatic heterocycles. The van der Waals surface area contributed by atoms with Gasteiger partial charge in [0, 0.05) is 26.1 Å². The number of amides is 3. The molecule has 0 aromatic rings. The Kier molecular flexibility index (Phi) is 13.0. The number of rotatable bonds is 16. The average Bonchev–Trinajstić information content (AvgIpc) is 3.31. The molecule has 0 bridgehead atoms. The zero-order chi connectivity index (χ0) is 28.4. The predicted octanol–water partition coefficient (Wildman–Crippen LogP) is 3.14. The van der Waals surface area contributed by atoms with Crippen LogP contribution in [0.25, 0.3) is 0 Å². The van der Waals surface area contributed by atoms with Crippen LogP contribution in [-0.4, -0.2) is 78.8 Å². The number of methoxy groups -OCH3 is 1. The Bertz CT molecular complexity index is 739. The minimum Gasteiger partial charge on any atom is -0.379 e. The minimum absolute atomic E-state index is 0.0794. The first kappa shape index (κ1) is 33.3. The highest BCUT2D eigenvalue weighted by atomic mass is 16.5. The number of likely N-dealkylation sites (N-methyl/N-ethyl adjacent to an activating group) is 1. The monoisotopic (exact) mass is 526 g/mol. The summed E-state index contributed by atoms with van der Waals surface area (Å²) >= 11 is 0. The number of hydrogen-bond acceptors (Lipinski definition) is 6. The summed E-state index contributed by atoms with van der Waals surface area (Å²) < 4.78 is 11.6. The van der Waals surface area contributed by atoms with Crippen molar-refractivity contribution in [2.24, 2.45) is 11.7 Å². The fourth-order valence-electron chi connectivity index (χ4n) is 4.99. The van der Waals surface area contributed by atoms with E-state index < -0.39 is 16.7 Å². The first-order valence-electron chi connectivity index (χ1n) is 13.9. The van der Waals surface area contributed by atoms with Gasteiger partial charge in [0.15, 0.2) is 0 Å². The number of carbonyl (C=O) groups excluding carboxylic acids is 3. The molecule has 0 saturated heterocycles. The lowest BCUT2D eigenvalue weighted by Crippen LogP contribution is -2.59. The van der Waals surface area contributed by atoms with E-state index in [1.165, 1.54) is 0 Å². The highest BCUT2D eigenvalue weighted by Gasteiger charge is 2.43. The summed E-state index contributed by atoms with van der Waals surface area (Å²) in [6.45, 7) is 14.2. The molecule has 0 radical (unpaired) electrons. The van der Waals surface area contributed by atoms with Crippen LogP contribution >= 0.6 is 0 Å². The molecule has 0 heterocycles. The van der Waals surface area contributed by atoms with Crippen molar-refractivity contribution < 1.29 is 23.9 Å². The maximum atomic E-state index is 13.3. The number of carbonyl (C=O) groups is 3. The molecule has 0 aromatic carbocycles. The van der Waals surface area contributed by atoms with Crippen LogP contribution in [0.5, 0.6) is 0 Å². The van der Waals surface area contributed by atoms with Crippen molar-refractivity contribution in [3.05, 3.63) is 0 Å². The van der Waals surface area contributed by atoms with Crippen molar-refractivity contribution in [3.8, 4) is 0 Å². The Morgan fingerprint density at radius 2 is 1.68 bits per heavy atom. The first-order chi connectivity index (χ1) is 17.1. The minimum atomic E-state index is -0.977. The SMILES string of the molecule is CCC(C)C(C(CC)OC)N(C)C(=O)CNC(=O)C1(NC(=O)CCC(C)(C)OCC(C)(C)N)CCCC1. The second-order valence-corrected chi connectivity index (χ2v) is 12.1. The summed E-state index contributed by atoms with van der Waals surface area (Å²) in [7, 11) is 3.44. The topological polar surface area (TPSA) is 123 Å². The van der Waals surface area contributed by atoms with Gasteiger partial charge in [-0.2, -0.15) is 0 Å². The molecular formula is C28H54N4O5. The van der Waals surface area contributed by atoms with Gasteiger partial charge in [0.1, 0.15) is 5.54 Å². The lowest BCUT2D eigenvalue weighted by molar-refractivity contribution is -0.139. The fourth-order valence-corrected chi connectivity index (χ4v) is 4.99. The van der Waals surface area contributed by atoms with Gasteiger partial charge in [-0.25, -0.2) is 0 Å². The third kappa shape index (κ3) is 10.5. The number of nitrogens with two attached hydrogens (primary N) is 1. The zero-order valence-corrected chi connectivity index (χ0v) is 24.9. The van der Waals surface area contributed by atoms with Crippen LogP contribution in [0.15, 0.2) is 0 Å². The molecule has 1 rings (SSSR count). The molecule has 216 valence electrons. The molecule has 9 heteroatoms. The van der Waals surface area contributed by atoms with E-state index in [0.29, 0.717) is 25.9 Å². The third-order valence-corrected chi connectivity index (χ3v) is 7.61. The molecule has 3 amide bonds. The highest BCUT2D eigenvalue weighted by Crippen LogP contribution is 2.30. The van der Waals surface area contributed by atoms with E-state index >= 15 is 0 Å². The molecule has 3 atom stereocenters. The zero-order valence-electron chi connectivity index (χ0n) is 24.9. The Morgan fingerprint density at radius 1 is 1.08 bits per heavy atom. The molecule has 0 aromatic heterocycles. The van der Waals surface area contributed by atoms with E-state index in [4.69, 9.17) is 15.2 Å². The lowest BCUT2D eigenvalue weighted by atomic mass is 9.91. The largest absolute Gasteiger partial charge is 0.379 e. The third-order valence-electron chi connectivity index (χ3n) is 7.61. The Morgan fingerprint density at radius 3 is 2.16 bits per heavy atom. The number of ether oxygens (including phenoxy) is 2. The van der Waals surface area contributed by atoms with E-state index in [1.807, 2.05) is 34.6 Å². The summed E-state index contributed by atoms with van der Waals surface area (Å²) in [6.07, 6.45) is 5.19. The van der Waals surface area contributed by atoms with Crippen molar-refractivity contribution >= 4 is 17.7 Å². The standard InChI is InChI=1S/C28H54N4O5/c1-10-20(3)24(21(11-2)36-9)32(8)23(34)18-30-25(35)28(15-12-13-16-28)31-22(33)14-17-27(6,7)37-19-26(4,5)29/h20-21,24H,10-19,29H2,1-9H3,(H,30,35)(H,31,33). The maximum absolute atomic E-state index is 13.3. The van der Waals surface area contributed by atoms with Gasteiger partial charge in [-0.1, -0.05) is 40.0 Å². The molecule has 0 spiro atoms. The summed E-state index contributed by atoms with van der Waals surface area (Å²) in [5, 5.41) is 5.82. The fraction of sp³-hybridized carbons (Fsp3) is 0.893. The van der Waals surface area contributed by atoms with Gasteiger partial charge in [0.25, 0.3) is 0 Å². The Labute approximate surface area is 224 Å². The Balaban J connectivity index is 2.77. The van der Waals surface area contributed by atoms with E-state index in [9.17, 15) is 14.4 Å². The average molecular weight is 527 g/mol. The van der Waals surface area contributed by atoms with E-state index in [0.717, 1.165) is 25.7 Å². The molecule has 3 unspecified atom stereocenters. The molecule has 9 nitrogen and oxygen atoms in total. The second-order valence-electron chi connectivity index (χ2n) is 12.1. The molecular weight excluding hydrogens is 472 g/mol. The summed E-state index contributed by atoms with van der Waals surface area (Å²) in [5.74, 6) is -0.402. The smallest absolute Gasteiger partial charge is 0.246 e. The Hall–Kier alpha value is -1.71. The van der Waals surface area contributed by atoms with Crippen molar-refractivity contribution in [2.45, 2.75) is 129 Å². The predicted molar refractivity (Wildman–Crippen MR) is 147 cm³/mol. The highest BCUT2D eigenvalue weighted by molar-refractivity contribution is 5.94. The number of nitrogens with zero attached hydrogens (tertiary/aromatic N) is 1. The molecule has 4 N–H and O–H groups in total.